The number of nitrogens with zero attached hydrogens (tertiary/aromatic N) is 1. The highest BCUT2D eigenvalue weighted by molar-refractivity contribution is 6.31. The lowest BCUT2D eigenvalue weighted by Gasteiger charge is -2.50. The molecule has 1 saturated carbocycles. The summed E-state index contributed by atoms with van der Waals surface area (Å²) in [5.74, 6) is -1.98. The van der Waals surface area contributed by atoms with Crippen LogP contribution in [0.2, 0.25) is 5.02 Å². The second-order valence-corrected chi connectivity index (χ2v) is 10.6. The smallest absolute Gasteiger partial charge is 0.237 e. The molecule has 3 aliphatic rings. The van der Waals surface area contributed by atoms with Crippen molar-refractivity contribution in [2.75, 3.05) is 5.32 Å². The topological polar surface area (TPSA) is 70.6 Å². The van der Waals surface area contributed by atoms with Crippen LogP contribution in [0.4, 0.5) is 10.1 Å². The standard InChI is InChI=1S/C24H26Cl2FN3O2/c1-14(25)28-11-6-17(27)20-19(13-31)30-23(9-7-22(2,3)8-10-23)24(20)16-5-4-15(26)12-18(16)29-21(24)32/h4-6,11-13,19-20,30H,1,7-10H2,2-3H3,(H,29,32)/b17-6-,28-11?/t19-,20-,24+/m0/s1. The second-order valence-electron chi connectivity index (χ2n) is 9.69. The van der Waals surface area contributed by atoms with Crippen molar-refractivity contribution in [2.45, 2.75) is 56.5 Å². The fraction of sp³-hybridized carbons (Fsp3) is 0.458. The van der Waals surface area contributed by atoms with Crippen LogP contribution >= 0.6 is 23.2 Å². The number of nitrogens with one attached hydrogen (secondary N) is 2. The van der Waals surface area contributed by atoms with Crippen LogP contribution in [-0.4, -0.2) is 30.0 Å². The van der Waals surface area contributed by atoms with Crippen molar-refractivity contribution in [2.24, 2.45) is 16.3 Å². The zero-order valence-electron chi connectivity index (χ0n) is 18.1. The Morgan fingerprint density at radius 2 is 1.97 bits per heavy atom. The minimum atomic E-state index is -1.30. The van der Waals surface area contributed by atoms with Crippen molar-refractivity contribution in [3.05, 3.63) is 52.4 Å². The van der Waals surface area contributed by atoms with Crippen LogP contribution in [0, 0.1) is 11.3 Å². The third-order valence-electron chi connectivity index (χ3n) is 7.39. The third-order valence-corrected chi connectivity index (χ3v) is 7.72. The Kier molecular flexibility index (Phi) is 5.85. The maximum Gasteiger partial charge on any atom is 0.237 e. The number of benzene rings is 1. The van der Waals surface area contributed by atoms with Crippen molar-refractivity contribution >= 4 is 47.3 Å². The van der Waals surface area contributed by atoms with Crippen LogP contribution in [0.5, 0.6) is 0 Å². The Morgan fingerprint density at radius 1 is 1.28 bits per heavy atom. The molecule has 3 atom stereocenters. The van der Waals surface area contributed by atoms with Gasteiger partial charge < -0.3 is 15.4 Å². The number of anilines is 1. The summed E-state index contributed by atoms with van der Waals surface area (Å²) in [6.07, 6.45) is 6.01. The van der Waals surface area contributed by atoms with Crippen LogP contribution in [0.1, 0.15) is 45.1 Å². The van der Waals surface area contributed by atoms with E-state index < -0.39 is 28.7 Å². The lowest BCUT2D eigenvalue weighted by Crippen LogP contribution is -2.61. The number of hydrogen-bond donors (Lipinski definition) is 2. The number of rotatable bonds is 4. The summed E-state index contributed by atoms with van der Waals surface area (Å²) in [6.45, 7) is 7.83. The van der Waals surface area contributed by atoms with Gasteiger partial charge in [-0.3, -0.25) is 4.79 Å². The average molecular weight is 478 g/mol. The molecule has 0 radical (unpaired) electrons. The number of hydrogen-bond acceptors (Lipinski definition) is 4. The number of carbonyl (C=O) groups is 2. The van der Waals surface area contributed by atoms with E-state index in [4.69, 9.17) is 23.2 Å². The molecule has 1 aromatic carbocycles. The van der Waals surface area contributed by atoms with Gasteiger partial charge in [-0.05, 0) is 54.9 Å². The molecule has 1 aromatic rings. The van der Waals surface area contributed by atoms with E-state index in [1.54, 1.807) is 18.2 Å². The van der Waals surface area contributed by atoms with E-state index in [1.807, 2.05) is 0 Å². The second kappa shape index (κ2) is 8.08. The summed E-state index contributed by atoms with van der Waals surface area (Å²) in [7, 11) is 0. The summed E-state index contributed by atoms with van der Waals surface area (Å²) in [6, 6.07) is 4.28. The Bertz CT molecular complexity index is 1040. The van der Waals surface area contributed by atoms with Gasteiger partial charge in [0.25, 0.3) is 0 Å². The summed E-state index contributed by atoms with van der Waals surface area (Å²) in [5, 5.41) is 6.81. The summed E-state index contributed by atoms with van der Waals surface area (Å²) in [5.41, 5.74) is -0.763. The van der Waals surface area contributed by atoms with E-state index in [0.717, 1.165) is 18.9 Å². The Labute approximate surface area is 197 Å². The van der Waals surface area contributed by atoms with Crippen molar-refractivity contribution < 1.29 is 14.0 Å². The SMILES string of the molecule is C=C(Cl)N=C/C=C(\F)[C@H]1[C@H](C=O)NC2(CCC(C)(C)CC2)[C@@]12C(=O)Nc1cc(Cl)ccc12. The molecule has 2 heterocycles. The number of amides is 1. The summed E-state index contributed by atoms with van der Waals surface area (Å²) < 4.78 is 15.8. The van der Waals surface area contributed by atoms with Gasteiger partial charge in [-0.1, -0.05) is 49.7 Å². The fourth-order valence-electron chi connectivity index (χ4n) is 5.85. The minimum Gasteiger partial charge on any atom is -0.325 e. The molecule has 2 aliphatic heterocycles. The number of aliphatic imine (C=N–C) groups is 1. The van der Waals surface area contributed by atoms with Gasteiger partial charge in [-0.25, -0.2) is 9.38 Å². The molecule has 0 unspecified atom stereocenters. The molecule has 4 rings (SSSR count). The van der Waals surface area contributed by atoms with E-state index in [0.29, 0.717) is 35.4 Å². The Balaban J connectivity index is 1.94. The first-order chi connectivity index (χ1) is 15.1. The molecule has 2 N–H and O–H groups in total. The molecule has 1 amide bonds. The van der Waals surface area contributed by atoms with Crippen LogP contribution in [0.15, 0.2) is 46.8 Å². The number of aldehydes is 1. The van der Waals surface area contributed by atoms with Crippen molar-refractivity contribution in [3.63, 3.8) is 0 Å². The first kappa shape index (κ1) is 23.1. The highest BCUT2D eigenvalue weighted by Gasteiger charge is 2.72. The predicted octanol–water partition coefficient (Wildman–Crippen LogP) is 5.29. The molecule has 0 bridgehead atoms. The van der Waals surface area contributed by atoms with E-state index in [9.17, 15) is 9.59 Å². The maximum absolute atomic E-state index is 15.8. The maximum atomic E-state index is 15.8. The first-order valence-corrected chi connectivity index (χ1v) is 11.4. The van der Waals surface area contributed by atoms with Gasteiger partial charge in [-0.2, -0.15) is 0 Å². The highest BCUT2D eigenvalue weighted by atomic mass is 35.5. The summed E-state index contributed by atoms with van der Waals surface area (Å²) >= 11 is 11.8. The summed E-state index contributed by atoms with van der Waals surface area (Å²) in [4.78, 5) is 29.8. The lowest BCUT2D eigenvalue weighted by atomic mass is 9.54. The molecular formula is C24H26Cl2FN3O2. The van der Waals surface area contributed by atoms with Crippen LogP contribution in [-0.2, 0) is 15.0 Å². The van der Waals surface area contributed by atoms with E-state index in [-0.39, 0.29) is 16.5 Å². The molecule has 170 valence electrons. The monoisotopic (exact) mass is 477 g/mol. The largest absolute Gasteiger partial charge is 0.325 e. The lowest BCUT2D eigenvalue weighted by molar-refractivity contribution is -0.125. The van der Waals surface area contributed by atoms with Gasteiger partial charge in [-0.15, -0.1) is 0 Å². The molecule has 1 aliphatic carbocycles. The Morgan fingerprint density at radius 3 is 2.59 bits per heavy atom. The zero-order valence-corrected chi connectivity index (χ0v) is 19.6. The molecular weight excluding hydrogens is 452 g/mol. The highest BCUT2D eigenvalue weighted by Crippen LogP contribution is 2.62. The van der Waals surface area contributed by atoms with Gasteiger partial charge in [0.2, 0.25) is 5.91 Å². The van der Waals surface area contributed by atoms with Gasteiger partial charge in [0.15, 0.2) is 0 Å². The van der Waals surface area contributed by atoms with E-state index in [1.165, 1.54) is 6.21 Å². The normalized spacial score (nSPS) is 30.7. The number of allylic oxidation sites excluding steroid dienone is 1. The molecule has 1 saturated heterocycles. The Hall–Kier alpha value is -2.02. The van der Waals surface area contributed by atoms with E-state index >= 15 is 4.39 Å². The third kappa shape index (κ3) is 3.44. The number of fused-ring (bicyclic) bond motifs is 3. The number of halogens is 3. The fourth-order valence-corrected chi connectivity index (χ4v) is 6.08. The molecule has 8 heteroatoms. The van der Waals surface area contributed by atoms with Crippen LogP contribution in [0.25, 0.3) is 0 Å². The molecule has 0 aromatic heterocycles. The minimum absolute atomic E-state index is 0.00447. The van der Waals surface area contributed by atoms with Gasteiger partial charge in [0.05, 0.1) is 12.0 Å². The van der Waals surface area contributed by atoms with Gasteiger partial charge >= 0.3 is 0 Å². The average Bonchev–Trinajstić information content (AvgIpc) is 3.17. The molecule has 32 heavy (non-hydrogen) atoms. The first-order valence-electron chi connectivity index (χ1n) is 10.6. The van der Waals surface area contributed by atoms with Gasteiger partial charge in [0.1, 0.15) is 22.7 Å². The number of carbonyl (C=O) groups excluding carboxylic acids is 2. The van der Waals surface area contributed by atoms with Crippen molar-refractivity contribution in [3.8, 4) is 0 Å². The molecule has 2 spiro atoms. The molecule has 5 nitrogen and oxygen atoms in total. The van der Waals surface area contributed by atoms with E-state index in [2.05, 4.69) is 36.1 Å². The van der Waals surface area contributed by atoms with Crippen LogP contribution < -0.4 is 10.6 Å². The van der Waals surface area contributed by atoms with Gasteiger partial charge in [0, 0.05) is 22.5 Å². The quantitative estimate of drug-likeness (QED) is 0.351. The van der Waals surface area contributed by atoms with Crippen molar-refractivity contribution in [1.29, 1.82) is 0 Å². The van der Waals surface area contributed by atoms with Crippen LogP contribution in [0.3, 0.4) is 0 Å². The molecule has 2 fully saturated rings. The zero-order chi connectivity index (χ0) is 23.3. The van der Waals surface area contributed by atoms with Crippen molar-refractivity contribution in [1.82, 2.24) is 5.32 Å². The predicted molar refractivity (Wildman–Crippen MR) is 126 cm³/mol.